The second-order valence-electron chi connectivity index (χ2n) is 5.62. The van der Waals surface area contributed by atoms with Crippen LogP contribution < -0.4 is 5.32 Å². The molecule has 1 aromatic heterocycles. The fourth-order valence-electron chi connectivity index (χ4n) is 2.26. The van der Waals surface area contributed by atoms with Crippen LogP contribution in [0, 0.1) is 5.92 Å². The number of nitrogens with zero attached hydrogens (tertiary/aromatic N) is 4. The number of tetrazole rings is 1. The van der Waals surface area contributed by atoms with E-state index in [9.17, 15) is 0 Å². The van der Waals surface area contributed by atoms with Gasteiger partial charge in [-0.25, -0.2) is 0 Å². The Hall–Kier alpha value is -1.46. The Morgan fingerprint density at radius 1 is 1.24 bits per heavy atom. The van der Waals surface area contributed by atoms with Gasteiger partial charge in [0.15, 0.2) is 5.82 Å². The van der Waals surface area contributed by atoms with Crippen LogP contribution in [0.15, 0.2) is 24.3 Å². The van der Waals surface area contributed by atoms with Crippen molar-refractivity contribution in [1.82, 2.24) is 25.5 Å². The third kappa shape index (κ3) is 5.10. The molecule has 0 bridgehead atoms. The fourth-order valence-corrected chi connectivity index (χ4v) is 2.47. The standard InChI is InChI=1S/C15H22ClN5/c1-11(2)17-10-12(9-15-18-20-21(3)19-15)8-13-6-4-5-7-14(13)16/h4-7,11-12,17H,8-10H2,1-3H3. The molecule has 0 radical (unpaired) electrons. The molecule has 0 saturated carbocycles. The second-order valence-corrected chi connectivity index (χ2v) is 6.03. The Bertz CT molecular complexity index is 567. The molecule has 1 heterocycles. The van der Waals surface area contributed by atoms with E-state index in [1.54, 1.807) is 7.05 Å². The molecule has 114 valence electrons. The summed E-state index contributed by atoms with van der Waals surface area (Å²) in [5, 5.41) is 16.6. The van der Waals surface area contributed by atoms with E-state index in [2.05, 4.69) is 40.6 Å². The SMILES string of the molecule is CC(C)NCC(Cc1nnn(C)n1)Cc1ccccc1Cl. The number of benzene rings is 1. The Morgan fingerprint density at radius 2 is 2.00 bits per heavy atom. The predicted molar refractivity (Wildman–Crippen MR) is 84.3 cm³/mol. The maximum atomic E-state index is 6.27. The summed E-state index contributed by atoms with van der Waals surface area (Å²) in [6, 6.07) is 8.44. The summed E-state index contributed by atoms with van der Waals surface area (Å²) in [7, 11) is 1.78. The number of hydrogen-bond acceptors (Lipinski definition) is 4. The smallest absolute Gasteiger partial charge is 0.175 e. The van der Waals surface area contributed by atoms with E-state index in [0.717, 1.165) is 30.2 Å². The highest BCUT2D eigenvalue weighted by atomic mass is 35.5. The summed E-state index contributed by atoms with van der Waals surface area (Å²) >= 11 is 6.27. The quantitative estimate of drug-likeness (QED) is 0.852. The van der Waals surface area contributed by atoms with Gasteiger partial charge in [0.2, 0.25) is 0 Å². The minimum absolute atomic E-state index is 0.386. The first kappa shape index (κ1) is 15.9. The van der Waals surface area contributed by atoms with Gasteiger partial charge in [-0.15, -0.1) is 10.2 Å². The summed E-state index contributed by atoms with van der Waals surface area (Å²) in [6.45, 7) is 5.20. The monoisotopic (exact) mass is 307 g/mol. The topological polar surface area (TPSA) is 55.6 Å². The lowest BCUT2D eigenvalue weighted by molar-refractivity contribution is 0.436. The molecule has 2 rings (SSSR count). The van der Waals surface area contributed by atoms with Crippen LogP contribution in [-0.2, 0) is 19.9 Å². The minimum Gasteiger partial charge on any atom is -0.314 e. The van der Waals surface area contributed by atoms with E-state index in [-0.39, 0.29) is 0 Å². The maximum absolute atomic E-state index is 6.27. The third-order valence-electron chi connectivity index (χ3n) is 3.30. The van der Waals surface area contributed by atoms with Gasteiger partial charge >= 0.3 is 0 Å². The Kier molecular flexibility index (Phi) is 5.70. The average Bonchev–Trinajstić information content (AvgIpc) is 2.84. The van der Waals surface area contributed by atoms with Crippen molar-refractivity contribution in [3.05, 3.63) is 40.7 Å². The molecule has 0 aliphatic rings. The molecule has 0 aliphatic carbocycles. The van der Waals surface area contributed by atoms with Crippen molar-refractivity contribution in [3.63, 3.8) is 0 Å². The van der Waals surface area contributed by atoms with Gasteiger partial charge in [-0.3, -0.25) is 0 Å². The van der Waals surface area contributed by atoms with Crippen molar-refractivity contribution in [2.24, 2.45) is 13.0 Å². The van der Waals surface area contributed by atoms with Gasteiger partial charge < -0.3 is 5.32 Å². The van der Waals surface area contributed by atoms with Crippen LogP contribution in [0.2, 0.25) is 5.02 Å². The lowest BCUT2D eigenvalue weighted by atomic mass is 9.95. The zero-order chi connectivity index (χ0) is 15.2. The lowest BCUT2D eigenvalue weighted by Crippen LogP contribution is -2.31. The molecular formula is C15H22ClN5. The maximum Gasteiger partial charge on any atom is 0.175 e. The Labute approximate surface area is 130 Å². The van der Waals surface area contributed by atoms with E-state index >= 15 is 0 Å². The summed E-state index contributed by atoms with van der Waals surface area (Å²) in [6.07, 6.45) is 1.69. The van der Waals surface area contributed by atoms with E-state index in [0.29, 0.717) is 12.0 Å². The number of aromatic nitrogens is 4. The van der Waals surface area contributed by atoms with Crippen molar-refractivity contribution in [1.29, 1.82) is 0 Å². The zero-order valence-electron chi connectivity index (χ0n) is 12.8. The summed E-state index contributed by atoms with van der Waals surface area (Å²) in [5.74, 6) is 1.16. The first-order valence-corrected chi connectivity index (χ1v) is 7.62. The third-order valence-corrected chi connectivity index (χ3v) is 3.67. The van der Waals surface area contributed by atoms with Crippen LogP contribution in [0.25, 0.3) is 0 Å². The van der Waals surface area contributed by atoms with E-state index in [4.69, 9.17) is 11.6 Å². The highest BCUT2D eigenvalue weighted by Gasteiger charge is 2.15. The Balaban J connectivity index is 2.06. The lowest BCUT2D eigenvalue weighted by Gasteiger charge is -2.18. The summed E-state index contributed by atoms with van der Waals surface area (Å²) < 4.78 is 0. The molecule has 0 saturated heterocycles. The van der Waals surface area contributed by atoms with Crippen LogP contribution in [-0.4, -0.2) is 32.8 Å². The number of hydrogen-bond donors (Lipinski definition) is 1. The normalized spacial score (nSPS) is 12.8. The van der Waals surface area contributed by atoms with Crippen molar-refractivity contribution in [3.8, 4) is 0 Å². The van der Waals surface area contributed by atoms with Gasteiger partial charge in [0.25, 0.3) is 0 Å². The molecule has 1 N–H and O–H groups in total. The fraction of sp³-hybridized carbons (Fsp3) is 0.533. The molecule has 0 spiro atoms. The van der Waals surface area contributed by atoms with Gasteiger partial charge in [0, 0.05) is 17.5 Å². The van der Waals surface area contributed by atoms with Gasteiger partial charge in [0.1, 0.15) is 0 Å². The van der Waals surface area contributed by atoms with Crippen molar-refractivity contribution in [2.45, 2.75) is 32.7 Å². The van der Waals surface area contributed by atoms with E-state index in [1.807, 2.05) is 18.2 Å². The largest absolute Gasteiger partial charge is 0.314 e. The number of aryl methyl sites for hydroxylation is 1. The van der Waals surface area contributed by atoms with Crippen molar-refractivity contribution >= 4 is 11.6 Å². The highest BCUT2D eigenvalue weighted by molar-refractivity contribution is 6.31. The zero-order valence-corrected chi connectivity index (χ0v) is 13.5. The highest BCUT2D eigenvalue weighted by Crippen LogP contribution is 2.20. The molecular weight excluding hydrogens is 286 g/mol. The predicted octanol–water partition coefficient (Wildman–Crippen LogP) is 2.26. The van der Waals surface area contributed by atoms with Gasteiger partial charge in [-0.1, -0.05) is 43.6 Å². The van der Waals surface area contributed by atoms with Crippen LogP contribution in [0.5, 0.6) is 0 Å². The molecule has 0 aliphatic heterocycles. The van der Waals surface area contributed by atoms with Gasteiger partial charge in [-0.2, -0.15) is 4.80 Å². The summed E-state index contributed by atoms with van der Waals surface area (Å²) in [4.78, 5) is 1.50. The average molecular weight is 308 g/mol. The van der Waals surface area contributed by atoms with Crippen molar-refractivity contribution in [2.75, 3.05) is 6.54 Å². The first-order valence-electron chi connectivity index (χ1n) is 7.24. The molecule has 5 nitrogen and oxygen atoms in total. The molecule has 0 amide bonds. The second kappa shape index (κ2) is 7.52. The molecule has 6 heteroatoms. The first-order chi connectivity index (χ1) is 10.0. The van der Waals surface area contributed by atoms with Gasteiger partial charge in [0.05, 0.1) is 7.05 Å². The number of rotatable bonds is 7. The molecule has 2 aromatic rings. The molecule has 1 unspecified atom stereocenters. The Morgan fingerprint density at radius 3 is 2.62 bits per heavy atom. The molecule has 1 atom stereocenters. The summed E-state index contributed by atoms with van der Waals surface area (Å²) in [5.41, 5.74) is 1.17. The van der Waals surface area contributed by atoms with E-state index < -0.39 is 0 Å². The molecule has 21 heavy (non-hydrogen) atoms. The van der Waals surface area contributed by atoms with Crippen LogP contribution in [0.3, 0.4) is 0 Å². The van der Waals surface area contributed by atoms with Crippen molar-refractivity contribution < 1.29 is 0 Å². The van der Waals surface area contributed by atoms with Crippen LogP contribution in [0.1, 0.15) is 25.2 Å². The van der Waals surface area contributed by atoms with Crippen LogP contribution >= 0.6 is 11.6 Å². The van der Waals surface area contributed by atoms with E-state index in [1.165, 1.54) is 10.4 Å². The van der Waals surface area contributed by atoms with Crippen LogP contribution in [0.4, 0.5) is 0 Å². The minimum atomic E-state index is 0.386. The number of halogens is 1. The molecule has 0 fully saturated rings. The van der Waals surface area contributed by atoms with Gasteiger partial charge in [-0.05, 0) is 35.7 Å². The number of nitrogens with one attached hydrogen (secondary N) is 1. The molecule has 1 aromatic carbocycles.